The fourth-order valence-electron chi connectivity index (χ4n) is 5.49. The van der Waals surface area contributed by atoms with Crippen LogP contribution in [-0.4, -0.2) is 23.3 Å². The highest BCUT2D eigenvalue weighted by molar-refractivity contribution is 5.84. The predicted molar refractivity (Wildman–Crippen MR) is 77.0 cm³/mol. The fraction of sp³-hybridized carbons (Fsp3) is 0.824. The zero-order chi connectivity index (χ0) is 14.7. The van der Waals surface area contributed by atoms with Crippen LogP contribution in [0.5, 0.6) is 0 Å². The number of ether oxygens (including phenoxy) is 1. The summed E-state index contributed by atoms with van der Waals surface area (Å²) in [5, 5.41) is 10.5. The lowest BCUT2D eigenvalue weighted by molar-refractivity contribution is -0.161. The van der Waals surface area contributed by atoms with Crippen molar-refractivity contribution < 1.29 is 14.6 Å². The first-order chi connectivity index (χ1) is 9.25. The standard InChI is InChI=1S/C17H26O3/c1-10-15-11(8-14(19)20-10)12(18)9-13-16(2,3)6-5-7-17(13,15)4/h8,10,12-13,15,18H,5-7,9H2,1-4H3/t10-,12+,13-,15-,17-/m0/s1. The summed E-state index contributed by atoms with van der Waals surface area (Å²) in [5.41, 5.74) is 1.30. The van der Waals surface area contributed by atoms with E-state index in [1.165, 1.54) is 12.8 Å². The Kier molecular flexibility index (Phi) is 3.06. The number of hydrogen-bond acceptors (Lipinski definition) is 3. The first kappa shape index (κ1) is 14.1. The lowest BCUT2D eigenvalue weighted by Gasteiger charge is -2.60. The van der Waals surface area contributed by atoms with E-state index in [-0.39, 0.29) is 28.8 Å². The highest BCUT2D eigenvalue weighted by atomic mass is 16.5. The highest BCUT2D eigenvalue weighted by Crippen LogP contribution is 2.62. The maximum atomic E-state index is 11.7. The second kappa shape index (κ2) is 4.33. The topological polar surface area (TPSA) is 46.5 Å². The van der Waals surface area contributed by atoms with Gasteiger partial charge in [0.1, 0.15) is 6.10 Å². The molecule has 3 heteroatoms. The minimum absolute atomic E-state index is 0.126. The number of carbonyl (C=O) groups is 1. The SMILES string of the molecule is C[C@@H]1OC(=O)C=C2[C@H](O)C[C@H]3C(C)(C)CCC[C@]3(C)[C@H]21. The molecule has 0 spiro atoms. The Bertz CT molecular complexity index is 465. The molecule has 0 aromatic heterocycles. The van der Waals surface area contributed by atoms with Gasteiger partial charge in [0.05, 0.1) is 6.10 Å². The van der Waals surface area contributed by atoms with Gasteiger partial charge in [-0.05, 0) is 48.5 Å². The summed E-state index contributed by atoms with van der Waals surface area (Å²) in [6.45, 7) is 8.99. The Hall–Kier alpha value is -0.830. The monoisotopic (exact) mass is 278 g/mol. The lowest BCUT2D eigenvalue weighted by atomic mass is 9.46. The molecule has 112 valence electrons. The van der Waals surface area contributed by atoms with Gasteiger partial charge in [0, 0.05) is 12.0 Å². The van der Waals surface area contributed by atoms with Crippen molar-refractivity contribution in [1.29, 1.82) is 0 Å². The summed E-state index contributed by atoms with van der Waals surface area (Å²) < 4.78 is 5.46. The van der Waals surface area contributed by atoms with Crippen molar-refractivity contribution in [2.75, 3.05) is 0 Å². The molecule has 0 aromatic carbocycles. The smallest absolute Gasteiger partial charge is 0.331 e. The number of aliphatic hydroxyl groups excluding tert-OH is 1. The van der Waals surface area contributed by atoms with Crippen molar-refractivity contribution in [3.05, 3.63) is 11.6 Å². The average molecular weight is 278 g/mol. The van der Waals surface area contributed by atoms with Crippen molar-refractivity contribution in [3.63, 3.8) is 0 Å². The highest BCUT2D eigenvalue weighted by Gasteiger charge is 2.58. The third-order valence-corrected chi connectivity index (χ3v) is 6.25. The first-order valence-corrected chi connectivity index (χ1v) is 7.86. The molecule has 2 aliphatic carbocycles. The molecule has 0 saturated heterocycles. The Balaban J connectivity index is 2.08. The predicted octanol–water partition coefficient (Wildman–Crippen LogP) is 3.07. The molecular formula is C17H26O3. The summed E-state index contributed by atoms with van der Waals surface area (Å²) >= 11 is 0. The molecule has 1 heterocycles. The molecule has 1 N–H and O–H groups in total. The molecule has 2 fully saturated rings. The van der Waals surface area contributed by atoms with Crippen LogP contribution >= 0.6 is 0 Å². The van der Waals surface area contributed by atoms with Gasteiger partial charge >= 0.3 is 5.97 Å². The molecular weight excluding hydrogens is 252 g/mol. The zero-order valence-corrected chi connectivity index (χ0v) is 13.0. The van der Waals surface area contributed by atoms with Crippen LogP contribution in [0.3, 0.4) is 0 Å². The number of hydrogen-bond donors (Lipinski definition) is 1. The molecule has 3 nitrogen and oxygen atoms in total. The second-order valence-corrected chi connectivity index (χ2v) is 7.92. The Morgan fingerprint density at radius 2 is 2.00 bits per heavy atom. The van der Waals surface area contributed by atoms with E-state index >= 15 is 0 Å². The van der Waals surface area contributed by atoms with Crippen LogP contribution in [0.2, 0.25) is 0 Å². The normalized spacial score (nSPS) is 46.9. The summed E-state index contributed by atoms with van der Waals surface area (Å²) in [4.78, 5) is 11.7. The van der Waals surface area contributed by atoms with Gasteiger partial charge in [-0.15, -0.1) is 0 Å². The second-order valence-electron chi connectivity index (χ2n) is 7.92. The minimum atomic E-state index is -0.481. The lowest BCUT2D eigenvalue weighted by Crippen LogP contribution is -2.57. The van der Waals surface area contributed by atoms with Crippen molar-refractivity contribution in [2.45, 2.75) is 65.6 Å². The molecule has 20 heavy (non-hydrogen) atoms. The van der Waals surface area contributed by atoms with Crippen LogP contribution in [0.4, 0.5) is 0 Å². The Morgan fingerprint density at radius 1 is 1.30 bits per heavy atom. The van der Waals surface area contributed by atoms with Gasteiger partial charge < -0.3 is 9.84 Å². The van der Waals surface area contributed by atoms with Crippen LogP contribution in [0.15, 0.2) is 11.6 Å². The van der Waals surface area contributed by atoms with Gasteiger partial charge in [0.15, 0.2) is 0 Å². The molecule has 0 bridgehead atoms. The number of aliphatic hydroxyl groups is 1. The van der Waals surface area contributed by atoms with Crippen molar-refractivity contribution in [2.24, 2.45) is 22.7 Å². The van der Waals surface area contributed by atoms with E-state index in [0.29, 0.717) is 5.92 Å². The summed E-state index contributed by atoms with van der Waals surface area (Å²) in [7, 11) is 0. The minimum Gasteiger partial charge on any atom is -0.459 e. The molecule has 0 radical (unpaired) electrons. The van der Waals surface area contributed by atoms with Gasteiger partial charge in [0.25, 0.3) is 0 Å². The van der Waals surface area contributed by atoms with Gasteiger partial charge in [-0.2, -0.15) is 0 Å². The first-order valence-electron chi connectivity index (χ1n) is 7.86. The van der Waals surface area contributed by atoms with E-state index in [9.17, 15) is 9.90 Å². The summed E-state index contributed by atoms with van der Waals surface area (Å²) in [6, 6.07) is 0. The molecule has 3 rings (SSSR count). The van der Waals surface area contributed by atoms with Crippen LogP contribution in [0, 0.1) is 22.7 Å². The van der Waals surface area contributed by atoms with E-state index in [4.69, 9.17) is 4.74 Å². The van der Waals surface area contributed by atoms with Crippen LogP contribution in [0.25, 0.3) is 0 Å². The maximum absolute atomic E-state index is 11.7. The maximum Gasteiger partial charge on any atom is 0.331 e. The van der Waals surface area contributed by atoms with Crippen LogP contribution in [-0.2, 0) is 9.53 Å². The fourth-order valence-corrected chi connectivity index (χ4v) is 5.49. The van der Waals surface area contributed by atoms with Gasteiger partial charge in [-0.3, -0.25) is 0 Å². The summed E-state index contributed by atoms with van der Waals surface area (Å²) in [6.07, 6.45) is 5.34. The van der Waals surface area contributed by atoms with E-state index < -0.39 is 6.10 Å². The molecule has 1 aliphatic heterocycles. The Morgan fingerprint density at radius 3 is 2.70 bits per heavy atom. The molecule has 5 atom stereocenters. The number of rotatable bonds is 0. The molecule has 3 aliphatic rings. The zero-order valence-electron chi connectivity index (χ0n) is 13.0. The van der Waals surface area contributed by atoms with Gasteiger partial charge in [-0.25, -0.2) is 4.79 Å². The van der Waals surface area contributed by atoms with Gasteiger partial charge in [0.2, 0.25) is 0 Å². The van der Waals surface area contributed by atoms with Crippen molar-refractivity contribution in [3.8, 4) is 0 Å². The number of cyclic esters (lactones) is 1. The molecule has 0 amide bonds. The van der Waals surface area contributed by atoms with Crippen LogP contribution < -0.4 is 0 Å². The van der Waals surface area contributed by atoms with Gasteiger partial charge in [-0.1, -0.05) is 27.2 Å². The van der Waals surface area contributed by atoms with E-state index in [1.54, 1.807) is 6.08 Å². The number of fused-ring (bicyclic) bond motifs is 3. The number of carbonyl (C=O) groups excluding carboxylic acids is 1. The third kappa shape index (κ3) is 1.86. The average Bonchev–Trinajstić information content (AvgIpc) is 2.31. The van der Waals surface area contributed by atoms with Crippen molar-refractivity contribution >= 4 is 5.97 Å². The molecule has 2 saturated carbocycles. The van der Waals surface area contributed by atoms with Crippen LogP contribution in [0.1, 0.15) is 53.4 Å². The Labute approximate surface area is 121 Å². The van der Waals surface area contributed by atoms with E-state index in [0.717, 1.165) is 18.4 Å². The molecule has 0 unspecified atom stereocenters. The largest absolute Gasteiger partial charge is 0.459 e. The molecule has 0 aromatic rings. The summed E-state index contributed by atoms with van der Waals surface area (Å²) in [5.74, 6) is 0.369. The number of esters is 1. The quantitative estimate of drug-likeness (QED) is 0.693. The third-order valence-electron chi connectivity index (χ3n) is 6.25. The van der Waals surface area contributed by atoms with E-state index in [1.807, 2.05) is 6.92 Å². The van der Waals surface area contributed by atoms with E-state index in [2.05, 4.69) is 20.8 Å². The van der Waals surface area contributed by atoms with Crippen molar-refractivity contribution in [1.82, 2.24) is 0 Å².